The molecule has 1 aromatic carbocycles. The number of carbonyl (C=O) groups excluding carboxylic acids is 2. The molecule has 0 N–H and O–H groups in total. The number of nitrogens with zero attached hydrogens (tertiary/aromatic N) is 3. The zero-order valence-corrected chi connectivity index (χ0v) is 12.5. The van der Waals surface area contributed by atoms with Crippen molar-refractivity contribution in [2.24, 2.45) is 7.05 Å². The van der Waals surface area contributed by atoms with Gasteiger partial charge in [-0.25, -0.2) is 4.79 Å². The van der Waals surface area contributed by atoms with Gasteiger partial charge in [0.25, 0.3) is 5.91 Å². The normalized spacial score (nSPS) is 14.8. The SMILES string of the molecule is CCC(=O)N1CCN(C(=O)c2cccc3c2oc(=O)n3C)C1. The second-order valence-electron chi connectivity index (χ2n) is 5.30. The Kier molecular flexibility index (Phi) is 3.48. The summed E-state index contributed by atoms with van der Waals surface area (Å²) in [4.78, 5) is 39.2. The summed E-state index contributed by atoms with van der Waals surface area (Å²) in [6.07, 6.45) is 0.422. The summed E-state index contributed by atoms with van der Waals surface area (Å²) in [5, 5.41) is 0. The molecule has 1 aliphatic rings. The average molecular weight is 303 g/mol. The standard InChI is InChI=1S/C15H17N3O4/c1-3-12(19)17-7-8-18(9-17)14(20)10-5-4-6-11-13(10)22-15(21)16(11)2/h4-6H,3,7-9H2,1-2H3. The fraction of sp³-hybridized carbons (Fsp3) is 0.400. The van der Waals surface area contributed by atoms with Gasteiger partial charge in [-0.1, -0.05) is 13.0 Å². The Hall–Kier alpha value is -2.57. The maximum Gasteiger partial charge on any atom is 0.419 e. The summed E-state index contributed by atoms with van der Waals surface area (Å²) < 4.78 is 6.55. The lowest BCUT2D eigenvalue weighted by molar-refractivity contribution is -0.130. The molecule has 1 aliphatic heterocycles. The van der Waals surface area contributed by atoms with Gasteiger partial charge >= 0.3 is 5.76 Å². The first-order chi connectivity index (χ1) is 10.5. The predicted molar refractivity (Wildman–Crippen MR) is 79.4 cm³/mol. The summed E-state index contributed by atoms with van der Waals surface area (Å²) in [7, 11) is 1.60. The number of oxazole rings is 1. The minimum absolute atomic E-state index is 0.0275. The van der Waals surface area contributed by atoms with E-state index in [0.717, 1.165) is 0 Å². The molecule has 0 aliphatic carbocycles. The van der Waals surface area contributed by atoms with E-state index in [1.807, 2.05) is 0 Å². The third-order valence-electron chi connectivity index (χ3n) is 3.97. The second kappa shape index (κ2) is 5.32. The van der Waals surface area contributed by atoms with E-state index in [9.17, 15) is 14.4 Å². The van der Waals surface area contributed by atoms with Gasteiger partial charge in [0, 0.05) is 26.6 Å². The molecule has 1 fully saturated rings. The Morgan fingerprint density at radius 1 is 1.23 bits per heavy atom. The first-order valence-electron chi connectivity index (χ1n) is 7.18. The summed E-state index contributed by atoms with van der Waals surface area (Å²) in [5.74, 6) is -0.703. The molecule has 2 amide bonds. The van der Waals surface area contributed by atoms with Gasteiger partial charge < -0.3 is 14.2 Å². The highest BCUT2D eigenvalue weighted by molar-refractivity contribution is 6.04. The minimum Gasteiger partial charge on any atom is -0.407 e. The van der Waals surface area contributed by atoms with Crippen molar-refractivity contribution in [2.75, 3.05) is 19.8 Å². The zero-order chi connectivity index (χ0) is 15.9. The molecule has 0 spiro atoms. The Morgan fingerprint density at radius 2 is 1.95 bits per heavy atom. The highest BCUT2D eigenvalue weighted by Gasteiger charge is 2.29. The molecule has 3 rings (SSSR count). The first kappa shape index (κ1) is 14.4. The third kappa shape index (κ3) is 2.18. The maximum atomic E-state index is 12.7. The number of para-hydroxylation sites is 1. The zero-order valence-electron chi connectivity index (χ0n) is 12.5. The van der Waals surface area contributed by atoms with E-state index in [1.54, 1.807) is 42.0 Å². The van der Waals surface area contributed by atoms with Crippen molar-refractivity contribution in [3.05, 3.63) is 34.3 Å². The molecular weight excluding hydrogens is 286 g/mol. The average Bonchev–Trinajstić information content (AvgIpc) is 3.12. The van der Waals surface area contributed by atoms with Crippen LogP contribution in [0.25, 0.3) is 11.1 Å². The van der Waals surface area contributed by atoms with E-state index in [4.69, 9.17) is 4.42 Å². The van der Waals surface area contributed by atoms with Gasteiger partial charge in [0.2, 0.25) is 5.91 Å². The Morgan fingerprint density at radius 3 is 2.68 bits per heavy atom. The van der Waals surface area contributed by atoms with Crippen LogP contribution >= 0.6 is 0 Å². The summed E-state index contributed by atoms with van der Waals surface area (Å²) in [6.45, 7) is 3.09. The fourth-order valence-corrected chi connectivity index (χ4v) is 2.67. The van der Waals surface area contributed by atoms with Crippen molar-refractivity contribution in [1.29, 1.82) is 0 Å². The lowest BCUT2D eigenvalue weighted by Crippen LogP contribution is -2.33. The van der Waals surface area contributed by atoms with E-state index >= 15 is 0 Å². The molecule has 0 atom stereocenters. The molecule has 7 nitrogen and oxygen atoms in total. The summed E-state index contributed by atoms with van der Waals surface area (Å²) in [5.41, 5.74) is 1.22. The largest absolute Gasteiger partial charge is 0.419 e. The number of aryl methyl sites for hydroxylation is 1. The van der Waals surface area contributed by atoms with Gasteiger partial charge in [-0.05, 0) is 12.1 Å². The second-order valence-corrected chi connectivity index (χ2v) is 5.30. The molecule has 0 saturated carbocycles. The number of carbonyl (C=O) groups is 2. The molecule has 0 unspecified atom stereocenters. The number of amides is 2. The Bertz CT molecular complexity index is 805. The van der Waals surface area contributed by atoms with Crippen LogP contribution in [0.5, 0.6) is 0 Å². The van der Waals surface area contributed by atoms with Crippen LogP contribution in [0.3, 0.4) is 0 Å². The van der Waals surface area contributed by atoms with Crippen LogP contribution in [0, 0.1) is 0 Å². The number of hydrogen-bond acceptors (Lipinski definition) is 4. The Labute approximate surface area is 126 Å². The van der Waals surface area contributed by atoms with Crippen LogP contribution in [0.4, 0.5) is 0 Å². The summed E-state index contributed by atoms with van der Waals surface area (Å²) >= 11 is 0. The van der Waals surface area contributed by atoms with Crippen LogP contribution in [-0.4, -0.2) is 45.9 Å². The maximum absolute atomic E-state index is 12.7. The molecule has 2 heterocycles. The Balaban J connectivity index is 1.92. The van der Waals surface area contributed by atoms with E-state index in [1.165, 1.54) is 4.57 Å². The van der Waals surface area contributed by atoms with E-state index < -0.39 is 5.76 Å². The van der Waals surface area contributed by atoms with Crippen molar-refractivity contribution in [3.63, 3.8) is 0 Å². The minimum atomic E-state index is -0.501. The van der Waals surface area contributed by atoms with Gasteiger partial charge in [0.05, 0.1) is 17.7 Å². The lowest BCUT2D eigenvalue weighted by atomic mass is 10.1. The quantitative estimate of drug-likeness (QED) is 0.821. The van der Waals surface area contributed by atoms with Crippen LogP contribution in [-0.2, 0) is 11.8 Å². The van der Waals surface area contributed by atoms with Crippen LogP contribution in [0.2, 0.25) is 0 Å². The van der Waals surface area contributed by atoms with Gasteiger partial charge in [0.15, 0.2) is 5.58 Å². The molecule has 7 heteroatoms. The highest BCUT2D eigenvalue weighted by Crippen LogP contribution is 2.20. The van der Waals surface area contributed by atoms with Crippen molar-refractivity contribution < 1.29 is 14.0 Å². The molecule has 22 heavy (non-hydrogen) atoms. The van der Waals surface area contributed by atoms with E-state index in [-0.39, 0.29) is 18.5 Å². The molecule has 0 bridgehead atoms. The molecule has 1 saturated heterocycles. The molecule has 0 radical (unpaired) electrons. The number of aromatic nitrogens is 1. The first-order valence-corrected chi connectivity index (χ1v) is 7.18. The van der Waals surface area contributed by atoms with Gasteiger partial charge in [-0.15, -0.1) is 0 Å². The van der Waals surface area contributed by atoms with Crippen LogP contribution in [0.1, 0.15) is 23.7 Å². The number of benzene rings is 1. The smallest absolute Gasteiger partial charge is 0.407 e. The number of rotatable bonds is 2. The predicted octanol–water partition coefficient (Wildman–Crippen LogP) is 0.783. The van der Waals surface area contributed by atoms with Gasteiger partial charge in [-0.3, -0.25) is 14.2 Å². The molecule has 116 valence electrons. The molecule has 1 aromatic heterocycles. The van der Waals surface area contributed by atoms with Crippen LogP contribution < -0.4 is 5.76 Å². The topological polar surface area (TPSA) is 75.8 Å². The number of hydrogen-bond donors (Lipinski definition) is 0. The van der Waals surface area contributed by atoms with Gasteiger partial charge in [0.1, 0.15) is 0 Å². The monoisotopic (exact) mass is 303 g/mol. The van der Waals surface area contributed by atoms with Crippen molar-refractivity contribution >= 4 is 22.9 Å². The van der Waals surface area contributed by atoms with E-state index in [0.29, 0.717) is 36.2 Å². The van der Waals surface area contributed by atoms with Gasteiger partial charge in [-0.2, -0.15) is 0 Å². The third-order valence-corrected chi connectivity index (χ3v) is 3.97. The van der Waals surface area contributed by atoms with E-state index in [2.05, 4.69) is 0 Å². The molecule has 2 aromatic rings. The highest BCUT2D eigenvalue weighted by atomic mass is 16.4. The lowest BCUT2D eigenvalue weighted by Gasteiger charge is -2.18. The van der Waals surface area contributed by atoms with Crippen LogP contribution in [0.15, 0.2) is 27.4 Å². The van der Waals surface area contributed by atoms with Crippen molar-refractivity contribution in [2.45, 2.75) is 13.3 Å². The fourth-order valence-electron chi connectivity index (χ4n) is 2.67. The summed E-state index contributed by atoms with van der Waals surface area (Å²) in [6, 6.07) is 5.08. The van der Waals surface area contributed by atoms with Crippen molar-refractivity contribution in [3.8, 4) is 0 Å². The molecular formula is C15H17N3O4. The van der Waals surface area contributed by atoms with Crippen molar-refractivity contribution in [1.82, 2.24) is 14.4 Å². The number of fused-ring (bicyclic) bond motifs is 1.